The minimum atomic E-state index is 0.885. The standard InChI is InChI=1S/C42H24N2O2/c1-2-12-25(13-3-1)43-32-18-8-4-15-28(32)37-40-38(42-39(41(37)43)30-17-7-11-21-35(30)46-42)29-16-5-9-19-33(29)44(40)26-22-23-36-31(24-26)27-14-6-10-20-34(27)45-36/h1-24H. The Morgan fingerprint density at radius 1 is 0.348 bits per heavy atom. The summed E-state index contributed by atoms with van der Waals surface area (Å²) >= 11 is 0. The van der Waals surface area contributed by atoms with Crippen LogP contribution in [0.2, 0.25) is 0 Å². The van der Waals surface area contributed by atoms with Crippen molar-refractivity contribution in [3.05, 3.63) is 146 Å². The Morgan fingerprint density at radius 2 is 0.870 bits per heavy atom. The van der Waals surface area contributed by atoms with Gasteiger partial charge in [-0.15, -0.1) is 0 Å². The van der Waals surface area contributed by atoms with Crippen molar-refractivity contribution in [2.45, 2.75) is 0 Å². The third-order valence-electron chi connectivity index (χ3n) is 9.68. The zero-order valence-electron chi connectivity index (χ0n) is 24.6. The predicted molar refractivity (Wildman–Crippen MR) is 190 cm³/mol. The van der Waals surface area contributed by atoms with Crippen molar-refractivity contribution in [2.24, 2.45) is 0 Å². The number of hydrogen-bond donors (Lipinski definition) is 0. The summed E-state index contributed by atoms with van der Waals surface area (Å²) in [5.41, 5.74) is 10.4. The van der Waals surface area contributed by atoms with Crippen LogP contribution in [0.5, 0.6) is 0 Å². The van der Waals surface area contributed by atoms with Crippen LogP contribution in [0.15, 0.2) is 154 Å². The van der Waals surface area contributed by atoms with Crippen LogP contribution in [0.1, 0.15) is 0 Å². The summed E-state index contributed by atoms with van der Waals surface area (Å²) in [6, 6.07) is 51.5. The van der Waals surface area contributed by atoms with Gasteiger partial charge in [-0.05, 0) is 54.6 Å². The second kappa shape index (κ2) is 8.68. The molecule has 4 heteroatoms. The lowest BCUT2D eigenvalue weighted by Crippen LogP contribution is -1.96. The second-order valence-corrected chi connectivity index (χ2v) is 12.1. The van der Waals surface area contributed by atoms with Crippen LogP contribution in [-0.2, 0) is 0 Å². The molecular weight excluding hydrogens is 564 g/mol. The highest BCUT2D eigenvalue weighted by molar-refractivity contribution is 6.39. The molecule has 4 nitrogen and oxygen atoms in total. The number of nitrogens with zero attached hydrogens (tertiary/aromatic N) is 2. The molecule has 0 bridgehead atoms. The molecule has 11 aromatic rings. The SMILES string of the molecule is c1ccc(-n2c3ccccc3c3c4c(c5ccccc5n4-c4ccc5oc6ccccc6c5c4)c4oc5ccccc5c4c32)cc1. The molecule has 214 valence electrons. The Balaban J connectivity index is 1.45. The first-order valence-corrected chi connectivity index (χ1v) is 15.6. The van der Waals surface area contributed by atoms with E-state index in [1.807, 2.05) is 12.1 Å². The van der Waals surface area contributed by atoms with E-state index >= 15 is 0 Å². The Bertz CT molecular complexity index is 3020. The number of furan rings is 2. The number of rotatable bonds is 2. The topological polar surface area (TPSA) is 36.1 Å². The van der Waals surface area contributed by atoms with Gasteiger partial charge < -0.3 is 18.0 Å². The monoisotopic (exact) mass is 588 g/mol. The normalized spacial score (nSPS) is 12.3. The summed E-state index contributed by atoms with van der Waals surface area (Å²) in [4.78, 5) is 0. The number of fused-ring (bicyclic) bond motifs is 15. The molecule has 7 aromatic carbocycles. The van der Waals surface area contributed by atoms with Crippen molar-refractivity contribution in [3.63, 3.8) is 0 Å². The highest BCUT2D eigenvalue weighted by atomic mass is 16.3. The molecule has 0 amide bonds. The molecule has 0 spiro atoms. The van der Waals surface area contributed by atoms with Gasteiger partial charge in [-0.2, -0.15) is 0 Å². The zero-order valence-corrected chi connectivity index (χ0v) is 24.6. The fourth-order valence-electron chi connectivity index (χ4n) is 7.85. The summed E-state index contributed by atoms with van der Waals surface area (Å²) in [7, 11) is 0. The van der Waals surface area contributed by atoms with Gasteiger partial charge in [-0.3, -0.25) is 0 Å². The Kier molecular flexibility index (Phi) is 4.55. The Labute approximate surface area is 261 Å². The molecule has 0 saturated heterocycles. The van der Waals surface area contributed by atoms with Crippen LogP contribution in [0.4, 0.5) is 0 Å². The molecule has 11 rings (SSSR count). The molecule has 0 unspecified atom stereocenters. The maximum absolute atomic E-state index is 6.89. The zero-order chi connectivity index (χ0) is 29.9. The van der Waals surface area contributed by atoms with Crippen LogP contribution >= 0.6 is 0 Å². The van der Waals surface area contributed by atoms with Crippen molar-refractivity contribution in [3.8, 4) is 11.4 Å². The Hall–Kier alpha value is -6.26. The summed E-state index contributed by atoms with van der Waals surface area (Å²) in [5, 5.41) is 9.18. The van der Waals surface area contributed by atoms with E-state index in [2.05, 4.69) is 143 Å². The highest BCUT2D eigenvalue weighted by Gasteiger charge is 2.27. The fraction of sp³-hybridized carbons (Fsp3) is 0. The molecule has 0 atom stereocenters. The highest BCUT2D eigenvalue weighted by Crippen LogP contribution is 2.49. The molecule has 46 heavy (non-hydrogen) atoms. The van der Waals surface area contributed by atoms with E-state index in [1.165, 1.54) is 10.8 Å². The van der Waals surface area contributed by atoms with Crippen LogP contribution in [-0.4, -0.2) is 9.13 Å². The van der Waals surface area contributed by atoms with Crippen LogP contribution < -0.4 is 0 Å². The third kappa shape index (κ3) is 2.98. The van der Waals surface area contributed by atoms with Gasteiger partial charge in [0.05, 0.1) is 32.8 Å². The molecule has 0 aliphatic carbocycles. The summed E-state index contributed by atoms with van der Waals surface area (Å²) in [5.74, 6) is 0. The van der Waals surface area contributed by atoms with Gasteiger partial charge in [0.25, 0.3) is 0 Å². The van der Waals surface area contributed by atoms with Gasteiger partial charge in [-0.1, -0.05) is 91.0 Å². The van der Waals surface area contributed by atoms with E-state index in [9.17, 15) is 0 Å². The van der Waals surface area contributed by atoms with Gasteiger partial charge in [0.15, 0.2) is 0 Å². The average molecular weight is 589 g/mol. The van der Waals surface area contributed by atoms with Crippen molar-refractivity contribution >= 4 is 87.5 Å². The first-order valence-electron chi connectivity index (χ1n) is 15.6. The van der Waals surface area contributed by atoms with Crippen molar-refractivity contribution < 1.29 is 8.83 Å². The van der Waals surface area contributed by atoms with Crippen LogP contribution in [0, 0.1) is 0 Å². The minimum absolute atomic E-state index is 0.885. The molecule has 0 N–H and O–H groups in total. The maximum Gasteiger partial charge on any atom is 0.147 e. The fourth-order valence-corrected chi connectivity index (χ4v) is 7.85. The Morgan fingerprint density at radius 3 is 1.61 bits per heavy atom. The van der Waals surface area contributed by atoms with Crippen LogP contribution in [0.25, 0.3) is 98.9 Å². The summed E-state index contributed by atoms with van der Waals surface area (Å²) in [6.45, 7) is 0. The molecule has 0 aliphatic rings. The number of hydrogen-bond acceptors (Lipinski definition) is 2. The summed E-state index contributed by atoms with van der Waals surface area (Å²) in [6.07, 6.45) is 0. The van der Waals surface area contributed by atoms with Gasteiger partial charge >= 0.3 is 0 Å². The van der Waals surface area contributed by atoms with E-state index in [1.54, 1.807) is 0 Å². The van der Waals surface area contributed by atoms with E-state index in [0.29, 0.717) is 0 Å². The van der Waals surface area contributed by atoms with Gasteiger partial charge in [0, 0.05) is 43.7 Å². The maximum atomic E-state index is 6.89. The van der Waals surface area contributed by atoms with E-state index in [0.717, 1.165) is 88.1 Å². The largest absolute Gasteiger partial charge is 0.456 e. The minimum Gasteiger partial charge on any atom is -0.456 e. The van der Waals surface area contributed by atoms with E-state index in [4.69, 9.17) is 8.83 Å². The van der Waals surface area contributed by atoms with Crippen molar-refractivity contribution in [1.82, 2.24) is 9.13 Å². The number of aromatic nitrogens is 2. The number of para-hydroxylation sites is 5. The third-order valence-corrected chi connectivity index (χ3v) is 9.68. The molecule has 4 aromatic heterocycles. The lowest BCUT2D eigenvalue weighted by molar-refractivity contribution is 0.669. The predicted octanol–water partition coefficient (Wildman–Crippen LogP) is 11.7. The first-order chi connectivity index (χ1) is 22.8. The van der Waals surface area contributed by atoms with Gasteiger partial charge in [-0.25, -0.2) is 0 Å². The quantitative estimate of drug-likeness (QED) is 0.201. The molecule has 0 saturated carbocycles. The molecule has 0 aliphatic heterocycles. The molecule has 4 heterocycles. The summed E-state index contributed by atoms with van der Waals surface area (Å²) < 4.78 is 18.0. The molecular formula is C42H24N2O2. The van der Waals surface area contributed by atoms with Gasteiger partial charge in [0.1, 0.15) is 22.3 Å². The van der Waals surface area contributed by atoms with Crippen LogP contribution in [0.3, 0.4) is 0 Å². The lowest BCUT2D eigenvalue weighted by Gasteiger charge is -2.11. The first kappa shape index (κ1) is 24.1. The lowest BCUT2D eigenvalue weighted by atomic mass is 10.0. The number of benzene rings is 7. The van der Waals surface area contributed by atoms with E-state index in [-0.39, 0.29) is 0 Å². The van der Waals surface area contributed by atoms with Crippen molar-refractivity contribution in [1.29, 1.82) is 0 Å². The van der Waals surface area contributed by atoms with Gasteiger partial charge in [0.2, 0.25) is 0 Å². The average Bonchev–Trinajstić information content (AvgIpc) is 3.85. The molecule has 0 radical (unpaired) electrons. The second-order valence-electron chi connectivity index (χ2n) is 12.1. The van der Waals surface area contributed by atoms with Crippen molar-refractivity contribution in [2.75, 3.05) is 0 Å². The van der Waals surface area contributed by atoms with E-state index < -0.39 is 0 Å². The smallest absolute Gasteiger partial charge is 0.147 e. The molecule has 0 fully saturated rings.